The molecule has 1 rings (SSSR count). The van der Waals surface area contributed by atoms with E-state index >= 15 is 0 Å². The summed E-state index contributed by atoms with van der Waals surface area (Å²) < 4.78 is 0.918. The Kier molecular flexibility index (Phi) is 5.53. The molecular formula is C10H13BrCl2Si. The summed E-state index contributed by atoms with van der Waals surface area (Å²) >= 11 is 15.5. The quantitative estimate of drug-likeness (QED) is 0.588. The van der Waals surface area contributed by atoms with Gasteiger partial charge in [0.2, 0.25) is 0 Å². The first-order valence-electron chi connectivity index (χ1n) is 4.68. The van der Waals surface area contributed by atoms with Crippen LogP contribution in [0.2, 0.25) is 6.04 Å². The van der Waals surface area contributed by atoms with Crippen LogP contribution in [-0.4, -0.2) is 13.3 Å². The van der Waals surface area contributed by atoms with Gasteiger partial charge in [-0.05, 0) is 12.1 Å². The van der Waals surface area contributed by atoms with E-state index in [1.807, 2.05) is 12.1 Å². The third-order valence-electron chi connectivity index (χ3n) is 2.18. The minimum Gasteiger partial charge on any atom is -0.109 e. The molecule has 4 heteroatoms. The number of benzene rings is 1. The van der Waals surface area contributed by atoms with Gasteiger partial charge in [-0.15, -0.1) is 23.2 Å². The van der Waals surface area contributed by atoms with Gasteiger partial charge in [0.05, 0.1) is 4.46 Å². The molecule has 1 atom stereocenters. The van der Waals surface area contributed by atoms with Crippen molar-refractivity contribution in [2.24, 2.45) is 0 Å². The predicted octanol–water partition coefficient (Wildman–Crippen LogP) is 3.64. The SMILES string of the molecule is CCC[SiH](c1cccc(Br)c1)C(Cl)Cl. The highest BCUT2D eigenvalue weighted by atomic mass is 79.9. The molecule has 0 aliphatic rings. The van der Waals surface area contributed by atoms with Crippen LogP contribution in [0.5, 0.6) is 0 Å². The lowest BCUT2D eigenvalue weighted by molar-refractivity contribution is 1.06. The molecule has 0 aromatic heterocycles. The van der Waals surface area contributed by atoms with Gasteiger partial charge in [0.25, 0.3) is 0 Å². The minimum atomic E-state index is -1.19. The van der Waals surface area contributed by atoms with Gasteiger partial charge in [-0.25, -0.2) is 0 Å². The van der Waals surface area contributed by atoms with Crippen molar-refractivity contribution in [3.05, 3.63) is 28.7 Å². The van der Waals surface area contributed by atoms with E-state index in [1.54, 1.807) is 0 Å². The molecule has 0 saturated heterocycles. The highest BCUT2D eigenvalue weighted by Gasteiger charge is 2.20. The van der Waals surface area contributed by atoms with Crippen LogP contribution in [0.15, 0.2) is 28.7 Å². The van der Waals surface area contributed by atoms with Crippen molar-refractivity contribution < 1.29 is 0 Å². The molecule has 78 valence electrons. The Bertz CT molecular complexity index is 291. The van der Waals surface area contributed by atoms with Crippen molar-refractivity contribution in [2.75, 3.05) is 0 Å². The van der Waals surface area contributed by atoms with Crippen LogP contribution < -0.4 is 5.19 Å². The maximum Gasteiger partial charge on any atom is 0.109 e. The number of halogens is 3. The van der Waals surface area contributed by atoms with E-state index in [0.717, 1.165) is 16.9 Å². The van der Waals surface area contributed by atoms with Crippen molar-refractivity contribution in [1.82, 2.24) is 0 Å². The molecule has 0 spiro atoms. The van der Waals surface area contributed by atoms with Crippen molar-refractivity contribution in [2.45, 2.75) is 23.8 Å². The fourth-order valence-electron chi connectivity index (χ4n) is 1.49. The van der Waals surface area contributed by atoms with E-state index in [9.17, 15) is 0 Å². The molecule has 0 amide bonds. The van der Waals surface area contributed by atoms with Crippen LogP contribution in [-0.2, 0) is 0 Å². The van der Waals surface area contributed by atoms with Crippen molar-refractivity contribution in [3.8, 4) is 0 Å². The summed E-state index contributed by atoms with van der Waals surface area (Å²) in [4.78, 5) is 0. The number of hydrogen-bond donors (Lipinski definition) is 0. The second kappa shape index (κ2) is 6.16. The highest BCUT2D eigenvalue weighted by Crippen LogP contribution is 2.15. The second-order valence-electron chi connectivity index (χ2n) is 3.28. The summed E-state index contributed by atoms with van der Waals surface area (Å²) in [5.41, 5.74) is 0. The van der Waals surface area contributed by atoms with Gasteiger partial charge in [-0.3, -0.25) is 0 Å². The lowest BCUT2D eigenvalue weighted by Crippen LogP contribution is -2.36. The Balaban J connectivity index is 2.87. The van der Waals surface area contributed by atoms with E-state index in [2.05, 4.69) is 35.0 Å². The highest BCUT2D eigenvalue weighted by molar-refractivity contribution is 9.10. The average Bonchev–Trinajstić information content (AvgIpc) is 2.13. The first-order valence-corrected chi connectivity index (χ1v) is 8.41. The molecule has 0 fully saturated rings. The maximum atomic E-state index is 6.02. The van der Waals surface area contributed by atoms with E-state index in [1.165, 1.54) is 5.19 Å². The Morgan fingerprint density at radius 1 is 1.43 bits per heavy atom. The molecular weight excluding hydrogens is 299 g/mol. The maximum absolute atomic E-state index is 6.02. The first-order chi connectivity index (χ1) is 6.65. The standard InChI is InChI=1S/C10H13BrCl2Si/c1-2-6-14(10(12)13)9-5-3-4-8(11)7-9/h3-5,7,10,14H,2,6H2,1H3. The molecule has 1 aromatic carbocycles. The van der Waals surface area contributed by atoms with Crippen LogP contribution in [0, 0.1) is 0 Å². The summed E-state index contributed by atoms with van der Waals surface area (Å²) in [7, 11) is -1.19. The fraction of sp³-hybridized carbons (Fsp3) is 0.400. The van der Waals surface area contributed by atoms with E-state index in [0.29, 0.717) is 0 Å². The molecule has 14 heavy (non-hydrogen) atoms. The summed E-state index contributed by atoms with van der Waals surface area (Å²) in [5, 5.41) is 1.34. The molecule has 0 nitrogen and oxygen atoms in total. The Morgan fingerprint density at radius 3 is 2.64 bits per heavy atom. The Labute approximate surface area is 105 Å². The molecule has 0 bridgehead atoms. The third kappa shape index (κ3) is 3.57. The van der Waals surface area contributed by atoms with Crippen LogP contribution in [0.25, 0.3) is 0 Å². The molecule has 0 N–H and O–H groups in total. The lowest BCUT2D eigenvalue weighted by Gasteiger charge is -2.15. The molecule has 1 unspecified atom stereocenters. The molecule has 0 heterocycles. The monoisotopic (exact) mass is 310 g/mol. The van der Waals surface area contributed by atoms with E-state index in [4.69, 9.17) is 23.2 Å². The number of alkyl halides is 2. The Morgan fingerprint density at radius 2 is 2.14 bits per heavy atom. The average molecular weight is 312 g/mol. The van der Waals surface area contributed by atoms with Crippen LogP contribution >= 0.6 is 39.1 Å². The smallest absolute Gasteiger partial charge is 0.109 e. The topological polar surface area (TPSA) is 0 Å². The molecule has 0 saturated carbocycles. The molecule has 0 aliphatic heterocycles. The normalized spacial score (nSPS) is 13.2. The number of hydrogen-bond acceptors (Lipinski definition) is 0. The van der Waals surface area contributed by atoms with Crippen molar-refractivity contribution >= 4 is 53.1 Å². The van der Waals surface area contributed by atoms with Crippen molar-refractivity contribution in [3.63, 3.8) is 0 Å². The summed E-state index contributed by atoms with van der Waals surface area (Å²) in [6.07, 6.45) is 1.15. The van der Waals surface area contributed by atoms with Crippen LogP contribution in [0.1, 0.15) is 13.3 Å². The van der Waals surface area contributed by atoms with Crippen molar-refractivity contribution in [1.29, 1.82) is 0 Å². The lowest BCUT2D eigenvalue weighted by atomic mass is 10.4. The molecule has 0 radical (unpaired) electrons. The zero-order chi connectivity index (χ0) is 10.6. The van der Waals surface area contributed by atoms with Gasteiger partial charge in [-0.1, -0.05) is 52.6 Å². The van der Waals surface area contributed by atoms with Gasteiger partial charge in [0.15, 0.2) is 0 Å². The van der Waals surface area contributed by atoms with Gasteiger partial charge >= 0.3 is 0 Å². The summed E-state index contributed by atoms with van der Waals surface area (Å²) in [6, 6.07) is 9.51. The summed E-state index contributed by atoms with van der Waals surface area (Å²) in [5.74, 6) is 0. The fourth-order valence-corrected chi connectivity index (χ4v) is 6.03. The van der Waals surface area contributed by atoms with Gasteiger partial charge < -0.3 is 0 Å². The van der Waals surface area contributed by atoms with Crippen LogP contribution in [0.3, 0.4) is 0 Å². The van der Waals surface area contributed by atoms with E-state index < -0.39 is 8.80 Å². The van der Waals surface area contributed by atoms with Crippen LogP contribution in [0.4, 0.5) is 0 Å². The van der Waals surface area contributed by atoms with Gasteiger partial charge in [0, 0.05) is 4.47 Å². The van der Waals surface area contributed by atoms with E-state index in [-0.39, 0.29) is 4.46 Å². The summed E-state index contributed by atoms with van der Waals surface area (Å²) in [6.45, 7) is 2.17. The predicted molar refractivity (Wildman–Crippen MR) is 71.5 cm³/mol. The largest absolute Gasteiger partial charge is 0.109 e. The van der Waals surface area contributed by atoms with Gasteiger partial charge in [-0.2, -0.15) is 0 Å². The third-order valence-corrected chi connectivity index (χ3v) is 7.52. The zero-order valence-electron chi connectivity index (χ0n) is 8.01. The minimum absolute atomic E-state index is 0.191. The molecule has 0 aliphatic carbocycles. The zero-order valence-corrected chi connectivity index (χ0v) is 12.3. The van der Waals surface area contributed by atoms with Gasteiger partial charge in [0.1, 0.15) is 8.80 Å². The molecule has 1 aromatic rings. The number of rotatable bonds is 4. The second-order valence-corrected chi connectivity index (χ2v) is 9.33. The first kappa shape index (κ1) is 12.6. The Hall–Kier alpha value is 0.497.